The fraction of sp³-hybridized carbons (Fsp3) is 0.143. The van der Waals surface area contributed by atoms with Crippen molar-refractivity contribution in [3.8, 4) is 0 Å². The molecule has 0 aromatic heterocycles. The summed E-state index contributed by atoms with van der Waals surface area (Å²) in [6, 6.07) is 0. The van der Waals surface area contributed by atoms with E-state index in [1.807, 2.05) is 0 Å². The highest BCUT2D eigenvalue weighted by Crippen LogP contribution is 2.16. The number of carboxylic acids is 1. The molecule has 3 nitrogen and oxygen atoms in total. The summed E-state index contributed by atoms with van der Waals surface area (Å²) in [4.78, 5) is 14.9. The smallest absolute Gasteiger partial charge is 0.313 e. The number of hydrogen-bond donors (Lipinski definition) is 1. The predicted molar refractivity (Wildman–Crippen MR) is 45.5 cm³/mol. The van der Waals surface area contributed by atoms with E-state index in [-0.39, 0.29) is 5.75 Å². The topological polar surface area (TPSA) is 51.4 Å². The second kappa shape index (κ2) is 3.98. The molecule has 11 heavy (non-hydrogen) atoms. The number of carbonyl (C=O) groups is 1. The molecule has 0 aromatic rings. The van der Waals surface area contributed by atoms with Crippen molar-refractivity contribution >= 4 is 23.9 Å². The van der Waals surface area contributed by atoms with Crippen LogP contribution < -0.4 is 4.99 Å². The van der Waals surface area contributed by atoms with Crippen molar-refractivity contribution in [2.45, 2.75) is 0 Å². The third-order valence-corrected chi connectivity index (χ3v) is 2.01. The zero-order valence-electron chi connectivity index (χ0n) is 5.73. The van der Waals surface area contributed by atoms with Gasteiger partial charge >= 0.3 is 5.97 Å². The van der Waals surface area contributed by atoms with Gasteiger partial charge < -0.3 is 5.11 Å². The summed E-state index contributed by atoms with van der Waals surface area (Å²) in [5.41, 5.74) is 0. The van der Waals surface area contributed by atoms with Gasteiger partial charge in [0.25, 0.3) is 0 Å². The third kappa shape index (κ3) is 3.04. The minimum absolute atomic E-state index is 0.101. The lowest BCUT2D eigenvalue weighted by Crippen LogP contribution is -1.98. The van der Waals surface area contributed by atoms with Gasteiger partial charge in [0.05, 0.1) is 10.7 Å². The van der Waals surface area contributed by atoms with Crippen LogP contribution in [-0.4, -0.2) is 23.0 Å². The summed E-state index contributed by atoms with van der Waals surface area (Å²) < 4.78 is 0. The standard InChI is InChI=1S/C7H7NO2S/c9-7(10)5-11-6-1-3-8-4-2-6/h1-4H,5H2,(H,9,10)/q+1. The van der Waals surface area contributed by atoms with Gasteiger partial charge in [-0.3, -0.25) is 4.79 Å². The fourth-order valence-electron chi connectivity index (χ4n) is 0.580. The number of nitrogens with zero attached hydrogens (tertiary/aromatic N) is 1. The molecule has 0 saturated heterocycles. The zero-order valence-corrected chi connectivity index (χ0v) is 6.54. The minimum Gasteiger partial charge on any atom is -0.481 e. The second-order valence-electron chi connectivity index (χ2n) is 1.87. The number of carboxylic acid groups (broad SMARTS) is 1. The van der Waals surface area contributed by atoms with Crippen LogP contribution in [0.25, 0.3) is 0 Å². The molecule has 0 bridgehead atoms. The van der Waals surface area contributed by atoms with Crippen LogP contribution in [0.4, 0.5) is 0 Å². The van der Waals surface area contributed by atoms with Gasteiger partial charge in [0.15, 0.2) is 0 Å². The van der Waals surface area contributed by atoms with Crippen LogP contribution in [0, 0.1) is 0 Å². The molecule has 0 unspecified atom stereocenters. The maximum atomic E-state index is 10.1. The van der Waals surface area contributed by atoms with E-state index in [0.29, 0.717) is 0 Å². The molecule has 1 aliphatic heterocycles. The summed E-state index contributed by atoms with van der Waals surface area (Å²) in [5.74, 6) is -0.698. The molecule has 0 aliphatic carbocycles. The average molecular weight is 169 g/mol. The van der Waals surface area contributed by atoms with Gasteiger partial charge in [-0.1, -0.05) is 0 Å². The Kier molecular flexibility index (Phi) is 2.92. The van der Waals surface area contributed by atoms with E-state index < -0.39 is 5.97 Å². The first-order valence-electron chi connectivity index (χ1n) is 3.03. The van der Waals surface area contributed by atoms with E-state index in [1.165, 1.54) is 11.8 Å². The van der Waals surface area contributed by atoms with Gasteiger partial charge in [0.1, 0.15) is 0 Å². The monoisotopic (exact) mass is 169 g/mol. The van der Waals surface area contributed by atoms with Gasteiger partial charge in [0, 0.05) is 17.1 Å². The average Bonchev–Trinajstić information content (AvgIpc) is 2.03. The highest BCUT2D eigenvalue weighted by molar-refractivity contribution is 8.03. The Morgan fingerprint density at radius 2 is 2.55 bits per heavy atom. The fourth-order valence-corrected chi connectivity index (χ4v) is 1.18. The molecule has 0 amide bonds. The number of allylic oxidation sites excluding steroid dienone is 2. The van der Waals surface area contributed by atoms with Crippen molar-refractivity contribution in [1.29, 1.82) is 0 Å². The molecule has 0 atom stereocenters. The van der Waals surface area contributed by atoms with Crippen LogP contribution in [0.2, 0.25) is 0 Å². The first-order valence-corrected chi connectivity index (χ1v) is 4.02. The number of thioether (sulfide) groups is 1. The summed E-state index contributed by atoms with van der Waals surface area (Å²) >= 11 is 1.29. The molecule has 1 rings (SSSR count). The van der Waals surface area contributed by atoms with E-state index in [0.717, 1.165) is 4.91 Å². The SMILES string of the molecule is O=C(O)CSC1=CC=[N+]C=C1. The van der Waals surface area contributed by atoms with Crippen molar-refractivity contribution < 1.29 is 9.90 Å². The third-order valence-electron chi connectivity index (χ3n) is 1.01. The summed E-state index contributed by atoms with van der Waals surface area (Å²) in [5, 5.41) is 8.34. The summed E-state index contributed by atoms with van der Waals surface area (Å²) in [7, 11) is 0. The molecule has 57 valence electrons. The Morgan fingerprint density at radius 3 is 3.09 bits per heavy atom. The molecule has 1 radical (unpaired) electrons. The van der Waals surface area contributed by atoms with Gasteiger partial charge in [-0.25, -0.2) is 0 Å². The van der Waals surface area contributed by atoms with Crippen molar-refractivity contribution in [1.82, 2.24) is 4.99 Å². The molecule has 1 aliphatic rings. The van der Waals surface area contributed by atoms with Crippen LogP contribution in [0.15, 0.2) is 23.3 Å². The quantitative estimate of drug-likeness (QED) is 0.673. The number of aliphatic carboxylic acids is 1. The number of hydrogen-bond acceptors (Lipinski definition) is 3. The number of rotatable bonds is 3. The molecule has 0 spiro atoms. The lowest BCUT2D eigenvalue weighted by Gasteiger charge is -1.94. The molecule has 0 saturated carbocycles. The van der Waals surface area contributed by atoms with Gasteiger partial charge in [-0.05, 0) is 0 Å². The Labute approximate surface area is 68.5 Å². The molecular formula is C7H7NO2S+. The Bertz CT molecular complexity index is 243. The molecule has 1 heterocycles. The lowest BCUT2D eigenvalue weighted by molar-refractivity contribution is -0.133. The van der Waals surface area contributed by atoms with Crippen molar-refractivity contribution in [3.05, 3.63) is 23.3 Å². The van der Waals surface area contributed by atoms with Crippen LogP contribution >= 0.6 is 11.8 Å². The van der Waals surface area contributed by atoms with Crippen molar-refractivity contribution in [3.63, 3.8) is 0 Å². The maximum absolute atomic E-state index is 10.1. The molecular weight excluding hydrogens is 162 g/mol. The highest BCUT2D eigenvalue weighted by Gasteiger charge is 2.03. The summed E-state index contributed by atoms with van der Waals surface area (Å²) in [6.45, 7) is 0. The van der Waals surface area contributed by atoms with Crippen molar-refractivity contribution in [2.75, 3.05) is 5.75 Å². The van der Waals surface area contributed by atoms with Crippen LogP contribution in [-0.2, 0) is 4.79 Å². The Hall–Kier alpha value is -1.03. The molecule has 1 N–H and O–H groups in total. The Morgan fingerprint density at radius 1 is 1.73 bits per heavy atom. The summed E-state index contributed by atoms with van der Waals surface area (Å²) in [6.07, 6.45) is 6.86. The highest BCUT2D eigenvalue weighted by atomic mass is 32.2. The second-order valence-corrected chi connectivity index (χ2v) is 2.91. The van der Waals surface area contributed by atoms with E-state index >= 15 is 0 Å². The normalized spacial score (nSPS) is 14.7. The first kappa shape index (κ1) is 8.07. The molecule has 4 heteroatoms. The van der Waals surface area contributed by atoms with Gasteiger partial charge in [0.2, 0.25) is 12.4 Å². The minimum atomic E-state index is -0.799. The lowest BCUT2D eigenvalue weighted by atomic mass is 10.4. The van der Waals surface area contributed by atoms with Crippen LogP contribution in [0.3, 0.4) is 0 Å². The van der Waals surface area contributed by atoms with Gasteiger partial charge in [-0.15, -0.1) is 11.8 Å². The van der Waals surface area contributed by atoms with Crippen LogP contribution in [0.5, 0.6) is 0 Å². The number of aliphatic imine (C=N–C) groups is 1. The molecule has 0 fully saturated rings. The van der Waals surface area contributed by atoms with E-state index in [9.17, 15) is 4.79 Å². The van der Waals surface area contributed by atoms with E-state index in [1.54, 1.807) is 24.6 Å². The van der Waals surface area contributed by atoms with Crippen molar-refractivity contribution in [2.24, 2.45) is 0 Å². The zero-order chi connectivity index (χ0) is 8.10. The predicted octanol–water partition coefficient (Wildman–Crippen LogP) is 0.622. The largest absolute Gasteiger partial charge is 0.481 e. The Balaban J connectivity index is 2.38. The van der Waals surface area contributed by atoms with E-state index in [4.69, 9.17) is 5.11 Å². The maximum Gasteiger partial charge on any atom is 0.313 e. The van der Waals surface area contributed by atoms with Crippen LogP contribution in [0.1, 0.15) is 0 Å². The van der Waals surface area contributed by atoms with Gasteiger partial charge in [-0.2, -0.15) is 0 Å². The molecule has 0 aromatic carbocycles. The first-order chi connectivity index (χ1) is 5.29. The van der Waals surface area contributed by atoms with E-state index in [2.05, 4.69) is 4.99 Å².